The summed E-state index contributed by atoms with van der Waals surface area (Å²) < 4.78 is 5.55. The Bertz CT molecular complexity index is 553. The van der Waals surface area contributed by atoms with Crippen molar-refractivity contribution in [3.63, 3.8) is 0 Å². The molecule has 3 rings (SSSR count). The molecule has 1 aliphatic rings. The van der Waals surface area contributed by atoms with Crippen molar-refractivity contribution in [3.05, 3.63) is 35.0 Å². The monoisotopic (exact) mass is 244 g/mol. The van der Waals surface area contributed by atoms with Gasteiger partial charge in [0.2, 0.25) is 0 Å². The van der Waals surface area contributed by atoms with E-state index in [0.29, 0.717) is 6.04 Å². The first kappa shape index (κ1) is 11.8. The van der Waals surface area contributed by atoms with Gasteiger partial charge in [0.05, 0.1) is 19.3 Å². The van der Waals surface area contributed by atoms with Crippen LogP contribution in [0.4, 0.5) is 0 Å². The highest BCUT2D eigenvalue weighted by molar-refractivity contribution is 5.85. The smallest absolute Gasteiger partial charge is 0.0714 e. The van der Waals surface area contributed by atoms with E-state index >= 15 is 0 Å². The summed E-state index contributed by atoms with van der Waals surface area (Å²) in [6.45, 7) is 6.90. The molecule has 18 heavy (non-hydrogen) atoms. The summed E-state index contributed by atoms with van der Waals surface area (Å²) in [5.41, 5.74) is 5.25. The van der Waals surface area contributed by atoms with E-state index in [2.05, 4.69) is 42.3 Å². The van der Waals surface area contributed by atoms with Gasteiger partial charge in [0, 0.05) is 23.1 Å². The molecular weight excluding hydrogens is 224 g/mol. The molecule has 1 unspecified atom stereocenters. The molecule has 0 bridgehead atoms. The van der Waals surface area contributed by atoms with Crippen LogP contribution in [0, 0.1) is 6.92 Å². The first-order valence-corrected chi connectivity index (χ1v) is 6.72. The molecule has 3 heteroatoms. The van der Waals surface area contributed by atoms with E-state index in [0.717, 1.165) is 26.2 Å². The zero-order valence-corrected chi connectivity index (χ0v) is 11.0. The van der Waals surface area contributed by atoms with Crippen LogP contribution in [0.3, 0.4) is 0 Å². The Kier molecular flexibility index (Phi) is 3.10. The molecule has 0 saturated carbocycles. The van der Waals surface area contributed by atoms with E-state index < -0.39 is 0 Å². The Morgan fingerprint density at radius 2 is 2.28 bits per heavy atom. The Morgan fingerprint density at radius 1 is 1.39 bits per heavy atom. The highest BCUT2D eigenvalue weighted by atomic mass is 16.5. The molecule has 0 aliphatic carbocycles. The summed E-state index contributed by atoms with van der Waals surface area (Å²) in [4.78, 5) is 3.54. The normalized spacial score (nSPS) is 20.4. The van der Waals surface area contributed by atoms with Crippen molar-refractivity contribution in [1.29, 1.82) is 0 Å². The molecule has 0 radical (unpaired) electrons. The van der Waals surface area contributed by atoms with Gasteiger partial charge in [0.1, 0.15) is 0 Å². The maximum atomic E-state index is 5.55. The fraction of sp³-hybridized carbons (Fsp3) is 0.467. The number of fused-ring (bicyclic) bond motifs is 1. The molecule has 1 aromatic heterocycles. The molecule has 2 N–H and O–H groups in total. The largest absolute Gasteiger partial charge is 0.378 e. The lowest BCUT2D eigenvalue weighted by atomic mass is 10.0. The van der Waals surface area contributed by atoms with Crippen molar-refractivity contribution in [1.82, 2.24) is 10.3 Å². The molecular formula is C15H20N2O. The summed E-state index contributed by atoms with van der Waals surface area (Å²) in [7, 11) is 0. The molecule has 2 heterocycles. The molecule has 1 atom stereocenters. The number of hydrogen-bond donors (Lipinski definition) is 2. The van der Waals surface area contributed by atoms with Crippen molar-refractivity contribution in [2.24, 2.45) is 0 Å². The van der Waals surface area contributed by atoms with Gasteiger partial charge < -0.3 is 15.0 Å². The number of H-pyrrole nitrogens is 1. The molecule has 96 valence electrons. The van der Waals surface area contributed by atoms with Crippen molar-refractivity contribution < 1.29 is 4.74 Å². The number of aromatic nitrogens is 1. The maximum Gasteiger partial charge on any atom is 0.0714 e. The number of benzene rings is 1. The third kappa shape index (κ3) is 1.93. The van der Waals surface area contributed by atoms with Crippen LogP contribution in [-0.2, 0) is 11.2 Å². The van der Waals surface area contributed by atoms with Crippen LogP contribution in [0.15, 0.2) is 18.2 Å². The van der Waals surface area contributed by atoms with E-state index in [1.165, 1.54) is 27.7 Å². The van der Waals surface area contributed by atoms with Gasteiger partial charge in [-0.2, -0.15) is 0 Å². The van der Waals surface area contributed by atoms with Gasteiger partial charge >= 0.3 is 0 Å². The average Bonchev–Trinajstić information content (AvgIpc) is 2.77. The second kappa shape index (κ2) is 4.75. The number of aryl methyl sites for hydroxylation is 2. The van der Waals surface area contributed by atoms with Crippen molar-refractivity contribution in [2.75, 3.05) is 19.8 Å². The van der Waals surface area contributed by atoms with E-state index in [-0.39, 0.29) is 0 Å². The Hall–Kier alpha value is -1.32. The predicted octanol–water partition coefficient (Wildman–Crippen LogP) is 2.70. The Labute approximate surface area is 108 Å². The highest BCUT2D eigenvalue weighted by Gasteiger charge is 2.20. The van der Waals surface area contributed by atoms with E-state index in [4.69, 9.17) is 4.74 Å². The molecule has 1 aromatic carbocycles. The minimum atomic E-state index is 0.302. The zero-order valence-electron chi connectivity index (χ0n) is 11.0. The summed E-state index contributed by atoms with van der Waals surface area (Å²) in [6, 6.07) is 6.99. The minimum Gasteiger partial charge on any atom is -0.378 e. The van der Waals surface area contributed by atoms with Gasteiger partial charge in [-0.1, -0.05) is 13.0 Å². The molecule has 1 aliphatic heterocycles. The summed E-state index contributed by atoms with van der Waals surface area (Å²) in [5.74, 6) is 0. The molecule has 1 fully saturated rings. The molecule has 2 aromatic rings. The fourth-order valence-corrected chi connectivity index (χ4v) is 2.71. The summed E-state index contributed by atoms with van der Waals surface area (Å²) >= 11 is 0. The van der Waals surface area contributed by atoms with Gasteiger partial charge in [-0.25, -0.2) is 0 Å². The lowest BCUT2D eigenvalue weighted by molar-refractivity contribution is 0.0756. The summed E-state index contributed by atoms with van der Waals surface area (Å²) in [5, 5.41) is 4.85. The van der Waals surface area contributed by atoms with Gasteiger partial charge in [0.25, 0.3) is 0 Å². The van der Waals surface area contributed by atoms with Gasteiger partial charge in [-0.05, 0) is 36.6 Å². The Morgan fingerprint density at radius 3 is 3.00 bits per heavy atom. The first-order valence-electron chi connectivity index (χ1n) is 6.72. The minimum absolute atomic E-state index is 0.302. The highest BCUT2D eigenvalue weighted by Crippen LogP contribution is 2.28. The van der Waals surface area contributed by atoms with Gasteiger partial charge in [-0.15, -0.1) is 0 Å². The first-order chi connectivity index (χ1) is 8.79. The van der Waals surface area contributed by atoms with Crippen molar-refractivity contribution in [3.8, 4) is 0 Å². The molecule has 0 amide bonds. The van der Waals surface area contributed by atoms with Crippen LogP contribution in [0.5, 0.6) is 0 Å². The van der Waals surface area contributed by atoms with Crippen LogP contribution >= 0.6 is 0 Å². The zero-order chi connectivity index (χ0) is 12.5. The van der Waals surface area contributed by atoms with Crippen molar-refractivity contribution >= 4 is 10.9 Å². The molecule has 1 saturated heterocycles. The van der Waals surface area contributed by atoms with Crippen LogP contribution in [-0.4, -0.2) is 24.7 Å². The number of aromatic amines is 1. The van der Waals surface area contributed by atoms with Gasteiger partial charge in [0.15, 0.2) is 0 Å². The third-order valence-electron chi connectivity index (χ3n) is 3.84. The number of morpholine rings is 1. The molecule has 0 spiro atoms. The van der Waals surface area contributed by atoms with E-state index in [1.807, 2.05) is 0 Å². The second-order valence-corrected chi connectivity index (χ2v) is 4.98. The molecule has 3 nitrogen and oxygen atoms in total. The number of nitrogens with one attached hydrogen (secondary N) is 2. The number of hydrogen-bond acceptors (Lipinski definition) is 2. The maximum absolute atomic E-state index is 5.55. The topological polar surface area (TPSA) is 37.0 Å². The second-order valence-electron chi connectivity index (χ2n) is 4.98. The van der Waals surface area contributed by atoms with E-state index in [1.54, 1.807) is 0 Å². The Balaban J connectivity index is 2.04. The van der Waals surface area contributed by atoms with Crippen LogP contribution in [0.2, 0.25) is 0 Å². The summed E-state index contributed by atoms with van der Waals surface area (Å²) in [6.07, 6.45) is 1.08. The average molecular weight is 244 g/mol. The standard InChI is InChI=1S/C15H20N2O/c1-3-11-4-5-13-12(8-11)10(2)15(17-13)14-9-18-7-6-16-14/h4-5,8,14,16-17H,3,6-7,9H2,1-2H3. The quantitative estimate of drug-likeness (QED) is 0.852. The van der Waals surface area contributed by atoms with Crippen LogP contribution < -0.4 is 5.32 Å². The number of rotatable bonds is 2. The lowest BCUT2D eigenvalue weighted by Crippen LogP contribution is -2.35. The lowest BCUT2D eigenvalue weighted by Gasteiger charge is -2.23. The van der Waals surface area contributed by atoms with Gasteiger partial charge in [-0.3, -0.25) is 0 Å². The number of ether oxygens (including phenoxy) is 1. The third-order valence-corrected chi connectivity index (χ3v) is 3.84. The SMILES string of the molecule is CCc1ccc2[nH]c(C3COCCN3)c(C)c2c1. The fourth-order valence-electron chi connectivity index (χ4n) is 2.71. The van der Waals surface area contributed by atoms with E-state index in [9.17, 15) is 0 Å². The van der Waals surface area contributed by atoms with Crippen LogP contribution in [0.1, 0.15) is 29.8 Å². The predicted molar refractivity (Wildman–Crippen MR) is 74.0 cm³/mol. The van der Waals surface area contributed by atoms with Crippen LogP contribution in [0.25, 0.3) is 10.9 Å². The van der Waals surface area contributed by atoms with Crippen molar-refractivity contribution in [2.45, 2.75) is 26.3 Å².